The molecule has 1 atom stereocenters. The number of aliphatic hydroxyl groups excluding tert-OH is 1. The lowest BCUT2D eigenvalue weighted by molar-refractivity contribution is 0.0751. The van der Waals surface area contributed by atoms with E-state index in [9.17, 15) is 23.5 Å². The van der Waals surface area contributed by atoms with Crippen LogP contribution in [0.4, 0.5) is 14.6 Å². The summed E-state index contributed by atoms with van der Waals surface area (Å²) >= 11 is 0. The fourth-order valence-corrected chi connectivity index (χ4v) is 3.77. The van der Waals surface area contributed by atoms with Crippen LogP contribution in [0.2, 0.25) is 0 Å². The number of aliphatic hydroxyl groups is 1. The lowest BCUT2D eigenvalue weighted by Crippen LogP contribution is -2.46. The monoisotopic (exact) mass is 494 g/mol. The van der Waals surface area contributed by atoms with Crippen molar-refractivity contribution in [3.63, 3.8) is 0 Å². The van der Waals surface area contributed by atoms with E-state index in [1.807, 2.05) is 0 Å². The highest BCUT2D eigenvalue weighted by Gasteiger charge is 2.27. The molecular weight excluding hydrogens is 470 g/mol. The van der Waals surface area contributed by atoms with Gasteiger partial charge in [0.05, 0.1) is 18.2 Å². The predicted molar refractivity (Wildman–Crippen MR) is 128 cm³/mol. The van der Waals surface area contributed by atoms with Gasteiger partial charge >= 0.3 is 0 Å². The quantitative estimate of drug-likeness (QED) is 0.180. The van der Waals surface area contributed by atoms with Crippen LogP contribution in [0.3, 0.4) is 0 Å². The number of aromatic nitrogens is 1. The highest BCUT2D eigenvalue weighted by molar-refractivity contribution is 6.04. The molecule has 1 aliphatic rings. The minimum atomic E-state index is -0.754. The molecule has 0 saturated heterocycles. The fraction of sp³-hybridized carbons (Fsp3) is 0.200. The van der Waals surface area contributed by atoms with Crippen LogP contribution in [0.1, 0.15) is 44.5 Å². The number of nitrogens with one attached hydrogen (secondary N) is 2. The van der Waals surface area contributed by atoms with Crippen LogP contribution < -0.4 is 11.2 Å². The Labute approximate surface area is 205 Å². The van der Waals surface area contributed by atoms with Crippen LogP contribution in [0.25, 0.3) is 0 Å². The maximum atomic E-state index is 14.8. The number of amides is 2. The van der Waals surface area contributed by atoms with Gasteiger partial charge < -0.3 is 15.3 Å². The molecule has 4 rings (SSSR count). The molecule has 0 fully saturated rings. The molecule has 2 aromatic carbocycles. The number of hydrazine groups is 1. The summed E-state index contributed by atoms with van der Waals surface area (Å²) < 4.78 is 28.0. The molecule has 0 bridgehead atoms. The number of benzene rings is 2. The van der Waals surface area contributed by atoms with E-state index < -0.39 is 23.6 Å². The normalized spacial score (nSPS) is 13.2. The van der Waals surface area contributed by atoms with Gasteiger partial charge in [-0.2, -0.15) is 0 Å². The molecule has 2 heterocycles. The van der Waals surface area contributed by atoms with Crippen molar-refractivity contribution in [3.8, 4) is 0 Å². The van der Waals surface area contributed by atoms with Crippen molar-refractivity contribution in [3.05, 3.63) is 94.2 Å². The van der Waals surface area contributed by atoms with Gasteiger partial charge in [-0.3, -0.25) is 20.0 Å². The predicted octanol–water partition coefficient (Wildman–Crippen LogP) is 2.65. The van der Waals surface area contributed by atoms with Crippen molar-refractivity contribution < 1.29 is 23.5 Å². The first-order valence-electron chi connectivity index (χ1n) is 11.1. The lowest BCUT2D eigenvalue weighted by Gasteiger charge is -2.24. The maximum absolute atomic E-state index is 14.8. The van der Waals surface area contributed by atoms with Crippen LogP contribution in [-0.2, 0) is 13.1 Å². The Kier molecular flexibility index (Phi) is 7.04. The van der Waals surface area contributed by atoms with Crippen LogP contribution in [-0.4, -0.2) is 50.3 Å². The number of amidine groups is 1. The molecule has 0 aliphatic carbocycles. The Hall–Kier alpha value is -4.22. The molecule has 1 aliphatic heterocycles. The van der Waals surface area contributed by atoms with Gasteiger partial charge in [0.25, 0.3) is 11.8 Å². The van der Waals surface area contributed by atoms with Crippen LogP contribution in [0.15, 0.2) is 54.6 Å². The zero-order chi connectivity index (χ0) is 26.0. The average Bonchev–Trinajstić information content (AvgIpc) is 3.29. The topological polar surface area (TPSA) is 136 Å². The SMILES string of the molecule is CC(CO)N(N)C(=N)c1cccc(NC(=O)c2cc3c(cc2F)CN(C(=O)c2ccc(F)cc2)C3)n1. The van der Waals surface area contributed by atoms with Gasteiger partial charge in [0.1, 0.15) is 23.1 Å². The fourth-order valence-electron chi connectivity index (χ4n) is 3.77. The summed E-state index contributed by atoms with van der Waals surface area (Å²) in [6.45, 7) is 1.70. The maximum Gasteiger partial charge on any atom is 0.259 e. The van der Waals surface area contributed by atoms with Crippen molar-refractivity contribution in [1.82, 2.24) is 14.9 Å². The number of carbonyl (C=O) groups is 2. The first-order valence-corrected chi connectivity index (χ1v) is 11.1. The van der Waals surface area contributed by atoms with Crippen molar-refractivity contribution in [2.75, 3.05) is 11.9 Å². The summed E-state index contributed by atoms with van der Waals surface area (Å²) in [7, 11) is 0. The molecule has 1 aromatic heterocycles. The zero-order valence-electron chi connectivity index (χ0n) is 19.3. The second kappa shape index (κ2) is 10.2. The van der Waals surface area contributed by atoms with Crippen LogP contribution in [0, 0.1) is 17.0 Å². The number of hydrogen-bond acceptors (Lipinski definition) is 6. The van der Waals surface area contributed by atoms with E-state index in [0.29, 0.717) is 16.7 Å². The molecule has 186 valence electrons. The van der Waals surface area contributed by atoms with Crippen LogP contribution >= 0.6 is 0 Å². The van der Waals surface area contributed by atoms with E-state index >= 15 is 0 Å². The number of carbonyl (C=O) groups excluding carboxylic acids is 2. The van der Waals surface area contributed by atoms with Crippen molar-refractivity contribution >= 4 is 23.5 Å². The molecule has 1 unspecified atom stereocenters. The molecule has 0 spiro atoms. The Morgan fingerprint density at radius 2 is 1.83 bits per heavy atom. The van der Waals surface area contributed by atoms with Gasteiger partial charge in [-0.1, -0.05) is 6.07 Å². The molecule has 36 heavy (non-hydrogen) atoms. The molecule has 0 saturated carbocycles. The van der Waals surface area contributed by atoms with E-state index in [1.54, 1.807) is 13.0 Å². The number of hydrogen-bond donors (Lipinski definition) is 4. The minimum absolute atomic E-state index is 0.0836. The number of rotatable bonds is 6. The smallest absolute Gasteiger partial charge is 0.259 e. The van der Waals surface area contributed by atoms with E-state index in [-0.39, 0.29) is 48.5 Å². The summed E-state index contributed by atoms with van der Waals surface area (Å²) in [6, 6.07) is 11.8. The van der Waals surface area contributed by atoms with Gasteiger partial charge in [0.2, 0.25) is 0 Å². The minimum Gasteiger partial charge on any atom is -0.394 e. The van der Waals surface area contributed by atoms with Crippen LogP contribution in [0.5, 0.6) is 0 Å². The van der Waals surface area contributed by atoms with E-state index in [1.165, 1.54) is 53.4 Å². The number of nitrogens with two attached hydrogens (primary N) is 1. The summed E-state index contributed by atoms with van der Waals surface area (Å²) in [6.07, 6.45) is 0. The molecule has 0 radical (unpaired) electrons. The lowest BCUT2D eigenvalue weighted by atomic mass is 10.1. The third-order valence-corrected chi connectivity index (χ3v) is 5.87. The summed E-state index contributed by atoms with van der Waals surface area (Å²) in [5, 5.41) is 21.0. The number of halogens is 2. The molecule has 11 heteroatoms. The zero-order valence-corrected chi connectivity index (χ0v) is 19.3. The molecule has 9 nitrogen and oxygen atoms in total. The van der Waals surface area contributed by atoms with E-state index in [0.717, 1.165) is 5.01 Å². The van der Waals surface area contributed by atoms with Gasteiger partial charge in [0.15, 0.2) is 5.84 Å². The highest BCUT2D eigenvalue weighted by atomic mass is 19.1. The highest BCUT2D eigenvalue weighted by Crippen LogP contribution is 2.27. The van der Waals surface area contributed by atoms with Gasteiger partial charge in [-0.25, -0.2) is 19.6 Å². The van der Waals surface area contributed by atoms with Gasteiger partial charge in [-0.15, -0.1) is 0 Å². The Bertz CT molecular complexity index is 1330. The standard InChI is InChI=1S/C25H24F2N6O3/c1-14(13-34)33(29)23(28)21-3-2-4-22(30-21)31-24(35)19-9-16-11-32(12-17(16)10-20(19)27)25(36)15-5-7-18(26)8-6-15/h2-10,14,28,34H,11-13,29H2,1H3,(H,30,31,35). The Morgan fingerprint density at radius 1 is 1.17 bits per heavy atom. The second-order valence-electron chi connectivity index (χ2n) is 8.42. The van der Waals surface area contributed by atoms with E-state index in [2.05, 4.69) is 10.3 Å². The molecule has 3 aromatic rings. The summed E-state index contributed by atoms with van der Waals surface area (Å²) in [5.74, 6) is 3.46. The van der Waals surface area contributed by atoms with Crippen molar-refractivity contribution in [2.45, 2.75) is 26.1 Å². The first kappa shape index (κ1) is 24.9. The number of anilines is 1. The van der Waals surface area contributed by atoms with E-state index in [4.69, 9.17) is 11.3 Å². The molecule has 2 amide bonds. The van der Waals surface area contributed by atoms with Crippen molar-refractivity contribution in [2.24, 2.45) is 5.84 Å². The summed E-state index contributed by atoms with van der Waals surface area (Å²) in [4.78, 5) is 31.3. The third-order valence-electron chi connectivity index (χ3n) is 5.87. The van der Waals surface area contributed by atoms with Gasteiger partial charge in [-0.05, 0) is 66.6 Å². The first-order chi connectivity index (χ1) is 17.2. The Balaban J connectivity index is 1.49. The number of fused-ring (bicyclic) bond motifs is 1. The third kappa shape index (κ3) is 5.07. The number of pyridine rings is 1. The summed E-state index contributed by atoms with van der Waals surface area (Å²) in [5.41, 5.74) is 1.44. The Morgan fingerprint density at radius 3 is 2.50 bits per heavy atom. The number of nitrogens with zero attached hydrogens (tertiary/aromatic N) is 3. The average molecular weight is 495 g/mol. The second-order valence-corrected chi connectivity index (χ2v) is 8.42. The largest absolute Gasteiger partial charge is 0.394 e. The molecule has 5 N–H and O–H groups in total. The van der Waals surface area contributed by atoms with Crippen molar-refractivity contribution in [1.29, 1.82) is 5.41 Å². The van der Waals surface area contributed by atoms with Gasteiger partial charge in [0, 0.05) is 18.7 Å². The molecular formula is C25H24F2N6O3.